The minimum Gasteiger partial charge on any atom is -0.329 e. The third-order valence-electron chi connectivity index (χ3n) is 4.52. The first kappa shape index (κ1) is 14.5. The summed E-state index contributed by atoms with van der Waals surface area (Å²) in [6, 6.07) is 7.50. The monoisotopic (exact) mass is 264 g/mol. The summed E-state index contributed by atoms with van der Waals surface area (Å²) in [5.74, 6) is 1.19. The Labute approximate surface area is 115 Å². The first-order valence-electron chi connectivity index (χ1n) is 7.24. The molecule has 1 saturated heterocycles. The summed E-state index contributed by atoms with van der Waals surface area (Å²) in [4.78, 5) is 2.49. The summed E-state index contributed by atoms with van der Waals surface area (Å²) in [5.41, 5.74) is 7.11. The minimum absolute atomic E-state index is 0.187. The molecule has 2 rings (SSSR count). The fraction of sp³-hybridized carbons (Fsp3) is 0.625. The maximum absolute atomic E-state index is 13.1. The van der Waals surface area contributed by atoms with Crippen molar-refractivity contribution in [1.82, 2.24) is 4.90 Å². The Balaban J connectivity index is 2.22. The maximum Gasteiger partial charge on any atom is 0.123 e. The van der Waals surface area contributed by atoms with E-state index in [-0.39, 0.29) is 11.9 Å². The number of halogens is 1. The van der Waals surface area contributed by atoms with Gasteiger partial charge in [0.05, 0.1) is 0 Å². The predicted octanol–water partition coefficient (Wildman–Crippen LogP) is 3.19. The fourth-order valence-corrected chi connectivity index (χ4v) is 3.32. The Bertz CT molecular complexity index is 404. The number of benzene rings is 1. The minimum atomic E-state index is -0.187. The zero-order valence-electron chi connectivity index (χ0n) is 12.1. The molecular weight excluding hydrogens is 239 g/mol. The highest BCUT2D eigenvalue weighted by atomic mass is 19.1. The average molecular weight is 264 g/mol. The molecule has 1 aromatic rings. The van der Waals surface area contributed by atoms with Crippen molar-refractivity contribution in [3.05, 3.63) is 35.6 Å². The molecule has 0 spiro atoms. The Kier molecular flexibility index (Phi) is 4.58. The van der Waals surface area contributed by atoms with Gasteiger partial charge in [-0.3, -0.25) is 4.90 Å². The van der Waals surface area contributed by atoms with Gasteiger partial charge in [-0.2, -0.15) is 0 Å². The standard InChI is InChI=1S/C16H25FN2/c1-11-8-12(2)13(3)19(10-11)16(9-18)14-4-6-15(17)7-5-14/h4-7,11-13,16H,8-10,18H2,1-3H3. The smallest absolute Gasteiger partial charge is 0.123 e. The van der Waals surface area contributed by atoms with Crippen LogP contribution in [-0.4, -0.2) is 24.0 Å². The van der Waals surface area contributed by atoms with Crippen LogP contribution in [0, 0.1) is 17.7 Å². The second-order valence-corrected chi connectivity index (χ2v) is 6.06. The van der Waals surface area contributed by atoms with Crippen molar-refractivity contribution in [1.29, 1.82) is 0 Å². The van der Waals surface area contributed by atoms with Crippen LogP contribution in [0.4, 0.5) is 4.39 Å². The number of piperidine rings is 1. The molecule has 0 amide bonds. The van der Waals surface area contributed by atoms with Gasteiger partial charge in [-0.1, -0.05) is 26.0 Å². The maximum atomic E-state index is 13.1. The zero-order chi connectivity index (χ0) is 14.0. The van der Waals surface area contributed by atoms with Gasteiger partial charge in [0.15, 0.2) is 0 Å². The lowest BCUT2D eigenvalue weighted by molar-refractivity contribution is 0.0424. The van der Waals surface area contributed by atoms with Crippen LogP contribution in [0.1, 0.15) is 38.8 Å². The van der Waals surface area contributed by atoms with Gasteiger partial charge in [-0.05, 0) is 42.9 Å². The zero-order valence-corrected chi connectivity index (χ0v) is 12.1. The van der Waals surface area contributed by atoms with E-state index in [1.165, 1.54) is 18.6 Å². The molecule has 0 aromatic heterocycles. The number of hydrogen-bond donors (Lipinski definition) is 1. The topological polar surface area (TPSA) is 29.3 Å². The summed E-state index contributed by atoms with van der Waals surface area (Å²) in [5, 5.41) is 0. The van der Waals surface area contributed by atoms with Gasteiger partial charge in [0.1, 0.15) is 5.82 Å². The molecule has 3 heteroatoms. The van der Waals surface area contributed by atoms with Crippen molar-refractivity contribution >= 4 is 0 Å². The molecule has 1 aliphatic rings. The molecule has 0 bridgehead atoms. The van der Waals surface area contributed by atoms with Crippen molar-refractivity contribution < 1.29 is 4.39 Å². The van der Waals surface area contributed by atoms with Crippen LogP contribution in [0.3, 0.4) is 0 Å². The van der Waals surface area contributed by atoms with Gasteiger partial charge in [0, 0.05) is 25.2 Å². The molecule has 19 heavy (non-hydrogen) atoms. The number of nitrogens with zero attached hydrogens (tertiary/aromatic N) is 1. The number of rotatable bonds is 3. The highest BCUT2D eigenvalue weighted by molar-refractivity contribution is 5.21. The van der Waals surface area contributed by atoms with Crippen LogP contribution in [0.15, 0.2) is 24.3 Å². The first-order valence-corrected chi connectivity index (χ1v) is 7.24. The van der Waals surface area contributed by atoms with E-state index >= 15 is 0 Å². The van der Waals surface area contributed by atoms with Crippen molar-refractivity contribution in [2.24, 2.45) is 17.6 Å². The van der Waals surface area contributed by atoms with Gasteiger partial charge in [-0.15, -0.1) is 0 Å². The SMILES string of the molecule is CC1CC(C)C(C)N(C(CN)c2ccc(F)cc2)C1. The molecular formula is C16H25FN2. The van der Waals surface area contributed by atoms with Gasteiger partial charge >= 0.3 is 0 Å². The number of nitrogens with two attached hydrogens (primary N) is 1. The highest BCUT2D eigenvalue weighted by Crippen LogP contribution is 2.33. The largest absolute Gasteiger partial charge is 0.329 e. The molecule has 2 N–H and O–H groups in total. The fourth-order valence-electron chi connectivity index (χ4n) is 3.32. The Morgan fingerprint density at radius 3 is 2.47 bits per heavy atom. The van der Waals surface area contributed by atoms with Crippen molar-refractivity contribution in [3.8, 4) is 0 Å². The van der Waals surface area contributed by atoms with E-state index in [0.29, 0.717) is 24.4 Å². The molecule has 1 aromatic carbocycles. The van der Waals surface area contributed by atoms with Gasteiger partial charge in [-0.25, -0.2) is 4.39 Å². The van der Waals surface area contributed by atoms with Gasteiger partial charge in [0.2, 0.25) is 0 Å². The molecule has 0 radical (unpaired) electrons. The van der Waals surface area contributed by atoms with Crippen LogP contribution < -0.4 is 5.73 Å². The lowest BCUT2D eigenvalue weighted by atomic mass is 9.84. The van der Waals surface area contributed by atoms with E-state index in [1.807, 2.05) is 12.1 Å². The second-order valence-electron chi connectivity index (χ2n) is 6.06. The van der Waals surface area contributed by atoms with Crippen LogP contribution in [0.5, 0.6) is 0 Å². The summed E-state index contributed by atoms with van der Waals surface area (Å²) >= 11 is 0. The van der Waals surface area contributed by atoms with Crippen molar-refractivity contribution in [2.75, 3.05) is 13.1 Å². The molecule has 1 heterocycles. The molecule has 2 nitrogen and oxygen atoms in total. The predicted molar refractivity (Wildman–Crippen MR) is 77.3 cm³/mol. The highest BCUT2D eigenvalue weighted by Gasteiger charge is 2.33. The van der Waals surface area contributed by atoms with Crippen LogP contribution in [-0.2, 0) is 0 Å². The molecule has 4 atom stereocenters. The Hall–Kier alpha value is -0.930. The van der Waals surface area contributed by atoms with E-state index in [4.69, 9.17) is 5.73 Å². The second kappa shape index (κ2) is 6.02. The molecule has 1 aliphatic heterocycles. The molecule has 4 unspecified atom stereocenters. The lowest BCUT2D eigenvalue weighted by Crippen LogP contribution is -2.49. The molecule has 0 aliphatic carbocycles. The third kappa shape index (κ3) is 3.15. The molecule has 0 saturated carbocycles. The van der Waals surface area contributed by atoms with Gasteiger partial charge in [0.25, 0.3) is 0 Å². The van der Waals surface area contributed by atoms with E-state index < -0.39 is 0 Å². The molecule has 1 fully saturated rings. The van der Waals surface area contributed by atoms with Crippen molar-refractivity contribution in [2.45, 2.75) is 39.3 Å². The Morgan fingerprint density at radius 2 is 1.89 bits per heavy atom. The third-order valence-corrected chi connectivity index (χ3v) is 4.52. The molecule has 106 valence electrons. The number of hydrogen-bond acceptors (Lipinski definition) is 2. The van der Waals surface area contributed by atoms with Crippen LogP contribution in [0.2, 0.25) is 0 Å². The lowest BCUT2D eigenvalue weighted by Gasteiger charge is -2.45. The summed E-state index contributed by atoms with van der Waals surface area (Å²) < 4.78 is 13.1. The van der Waals surface area contributed by atoms with E-state index in [1.54, 1.807) is 0 Å². The normalized spacial score (nSPS) is 30.3. The first-order chi connectivity index (χ1) is 9.02. The van der Waals surface area contributed by atoms with Gasteiger partial charge < -0.3 is 5.73 Å². The average Bonchev–Trinajstić information content (AvgIpc) is 2.38. The van der Waals surface area contributed by atoms with E-state index in [9.17, 15) is 4.39 Å². The van der Waals surface area contributed by atoms with E-state index in [0.717, 1.165) is 12.1 Å². The van der Waals surface area contributed by atoms with E-state index in [2.05, 4.69) is 25.7 Å². The summed E-state index contributed by atoms with van der Waals surface area (Å²) in [7, 11) is 0. The quantitative estimate of drug-likeness (QED) is 0.908. The Morgan fingerprint density at radius 1 is 1.26 bits per heavy atom. The summed E-state index contributed by atoms with van der Waals surface area (Å²) in [6.45, 7) is 8.54. The summed E-state index contributed by atoms with van der Waals surface area (Å²) in [6.07, 6.45) is 1.28. The van der Waals surface area contributed by atoms with Crippen LogP contribution >= 0.6 is 0 Å². The van der Waals surface area contributed by atoms with Crippen molar-refractivity contribution in [3.63, 3.8) is 0 Å². The number of likely N-dealkylation sites (tertiary alicyclic amines) is 1. The van der Waals surface area contributed by atoms with Crippen LogP contribution in [0.25, 0.3) is 0 Å².